The number of nitrogens with one attached hydrogen (secondary N) is 1. The number of carbonyl (C=O) groups is 1. The van der Waals surface area contributed by atoms with Gasteiger partial charge in [-0.1, -0.05) is 18.2 Å². The van der Waals surface area contributed by atoms with E-state index < -0.39 is 11.9 Å². The van der Waals surface area contributed by atoms with Crippen LogP contribution in [0.15, 0.2) is 53.1 Å². The predicted molar refractivity (Wildman–Crippen MR) is 107 cm³/mol. The molecule has 1 amide bonds. The Morgan fingerprint density at radius 1 is 1.39 bits per heavy atom. The molecule has 2 aromatic rings. The largest absolute Gasteiger partial charge is 0.393 e. The third kappa shape index (κ3) is 3.68. The van der Waals surface area contributed by atoms with Gasteiger partial charge >= 0.3 is 5.69 Å². The quantitative estimate of drug-likeness (QED) is 0.799. The number of carbonyl (C=O) groups excluding carboxylic acids is 1. The minimum atomic E-state index is -0.512. The molecule has 0 unspecified atom stereocenters. The van der Waals surface area contributed by atoms with Crippen molar-refractivity contribution in [3.05, 3.63) is 64.3 Å². The molecule has 8 nitrogen and oxygen atoms in total. The molecule has 2 atom stereocenters. The number of aliphatic hydroxyl groups excluding tert-OH is 1. The van der Waals surface area contributed by atoms with Crippen molar-refractivity contribution in [1.82, 2.24) is 9.55 Å². The third-order valence-corrected chi connectivity index (χ3v) is 5.77. The second-order valence-electron chi connectivity index (χ2n) is 6.56. The third-order valence-electron chi connectivity index (χ3n) is 4.66. The Hall–Kier alpha value is -2.62. The van der Waals surface area contributed by atoms with Crippen LogP contribution in [0, 0.1) is 0 Å². The number of nitrogens with zero attached hydrogens (tertiary/aromatic N) is 3. The van der Waals surface area contributed by atoms with Crippen molar-refractivity contribution in [2.24, 2.45) is 0 Å². The predicted octanol–water partition coefficient (Wildman–Crippen LogP) is 1.34. The van der Waals surface area contributed by atoms with E-state index in [1.807, 2.05) is 36.2 Å². The van der Waals surface area contributed by atoms with E-state index in [4.69, 9.17) is 9.84 Å². The summed E-state index contributed by atoms with van der Waals surface area (Å²) < 4.78 is 6.94. The van der Waals surface area contributed by atoms with Crippen molar-refractivity contribution in [2.75, 3.05) is 29.6 Å². The standard InChI is InChI=1S/C19H20N4O4S/c1-22-9-13(8-12-4-2-3-5-14(12)22)18(25)20-15-6-7-23(19(26)21-15)16-11-28-17(10-24)27-16/h2-7,9,16-17,24H,8,10-11H2,1H3,(H,20,21,25,26)/t16-,17+/m0/s1. The van der Waals surface area contributed by atoms with E-state index in [9.17, 15) is 9.59 Å². The van der Waals surface area contributed by atoms with Gasteiger partial charge in [0.15, 0.2) is 0 Å². The highest BCUT2D eigenvalue weighted by atomic mass is 32.2. The minimum Gasteiger partial charge on any atom is -0.393 e. The first-order chi connectivity index (χ1) is 13.5. The molecule has 4 rings (SSSR count). The lowest BCUT2D eigenvalue weighted by molar-refractivity contribution is -0.113. The lowest BCUT2D eigenvalue weighted by Gasteiger charge is -2.25. The van der Waals surface area contributed by atoms with Gasteiger partial charge in [-0.25, -0.2) is 4.79 Å². The highest BCUT2D eigenvalue weighted by molar-refractivity contribution is 8.00. The topological polar surface area (TPSA) is 96.7 Å². The molecule has 0 spiro atoms. The Morgan fingerprint density at radius 2 is 2.21 bits per heavy atom. The fourth-order valence-corrected chi connectivity index (χ4v) is 4.21. The molecule has 0 radical (unpaired) electrons. The van der Waals surface area contributed by atoms with Crippen LogP contribution >= 0.6 is 11.8 Å². The Bertz CT molecular complexity index is 990. The highest BCUT2D eigenvalue weighted by Crippen LogP contribution is 2.30. The number of thioether (sulfide) groups is 1. The first-order valence-corrected chi connectivity index (χ1v) is 9.90. The summed E-state index contributed by atoms with van der Waals surface area (Å²) in [4.78, 5) is 30.8. The van der Waals surface area contributed by atoms with Gasteiger partial charge in [0.25, 0.3) is 5.91 Å². The SMILES string of the molecule is CN1C=C(C(=O)Nc2ccn([C@@H]3CS[C@H](CO)O3)c(=O)n2)Cc2ccccc21. The van der Waals surface area contributed by atoms with Crippen LogP contribution in [0.1, 0.15) is 11.8 Å². The maximum Gasteiger partial charge on any atom is 0.351 e. The Balaban J connectivity index is 1.47. The number of hydrogen-bond acceptors (Lipinski definition) is 7. The van der Waals surface area contributed by atoms with Gasteiger partial charge in [-0.05, 0) is 17.7 Å². The van der Waals surface area contributed by atoms with Crippen LogP contribution in [0.3, 0.4) is 0 Å². The molecule has 0 saturated carbocycles. The second kappa shape index (κ2) is 7.78. The summed E-state index contributed by atoms with van der Waals surface area (Å²) in [5.41, 5.74) is 1.87. The number of aliphatic hydroxyl groups is 1. The highest BCUT2D eigenvalue weighted by Gasteiger charge is 2.27. The number of benzene rings is 1. The number of hydrogen-bond donors (Lipinski definition) is 2. The molecule has 0 bridgehead atoms. The van der Waals surface area contributed by atoms with E-state index in [0.717, 1.165) is 11.3 Å². The lowest BCUT2D eigenvalue weighted by Crippen LogP contribution is -2.30. The number of anilines is 2. The Kier molecular flexibility index (Phi) is 5.21. The Labute approximate surface area is 165 Å². The molecule has 9 heteroatoms. The summed E-state index contributed by atoms with van der Waals surface area (Å²) in [5.74, 6) is 0.453. The van der Waals surface area contributed by atoms with Gasteiger partial charge in [-0.2, -0.15) is 4.98 Å². The molecule has 1 aromatic heterocycles. The van der Waals surface area contributed by atoms with Crippen molar-refractivity contribution in [2.45, 2.75) is 18.1 Å². The summed E-state index contributed by atoms with van der Waals surface area (Å²) in [6.45, 7) is -0.107. The number of para-hydroxylation sites is 1. The van der Waals surface area contributed by atoms with Gasteiger partial charge in [0, 0.05) is 42.9 Å². The molecular formula is C19H20N4O4S. The molecule has 146 valence electrons. The zero-order valence-electron chi connectivity index (χ0n) is 15.2. The second-order valence-corrected chi connectivity index (χ2v) is 7.76. The summed E-state index contributed by atoms with van der Waals surface area (Å²) >= 11 is 1.44. The van der Waals surface area contributed by atoms with Gasteiger partial charge in [0.05, 0.1) is 6.61 Å². The Morgan fingerprint density at radius 3 is 2.96 bits per heavy atom. The molecule has 1 fully saturated rings. The summed E-state index contributed by atoms with van der Waals surface area (Å²) in [5, 5.41) is 11.8. The maximum absolute atomic E-state index is 12.6. The molecule has 1 saturated heterocycles. The fraction of sp³-hybridized carbons (Fsp3) is 0.316. The molecule has 28 heavy (non-hydrogen) atoms. The first kappa shape index (κ1) is 18.7. The maximum atomic E-state index is 12.6. The van der Waals surface area contributed by atoms with Crippen LogP contribution in [-0.2, 0) is 16.0 Å². The minimum absolute atomic E-state index is 0.107. The normalized spacial score (nSPS) is 21.2. The van der Waals surface area contributed by atoms with Crippen molar-refractivity contribution in [3.8, 4) is 0 Å². The van der Waals surface area contributed by atoms with Crippen molar-refractivity contribution in [1.29, 1.82) is 0 Å². The van der Waals surface area contributed by atoms with E-state index >= 15 is 0 Å². The number of amides is 1. The molecule has 1 aromatic carbocycles. The first-order valence-electron chi connectivity index (χ1n) is 8.85. The average Bonchev–Trinajstić information content (AvgIpc) is 3.17. The van der Waals surface area contributed by atoms with Crippen molar-refractivity contribution >= 4 is 29.2 Å². The van der Waals surface area contributed by atoms with E-state index in [1.165, 1.54) is 16.3 Å². The summed E-state index contributed by atoms with van der Waals surface area (Å²) in [6, 6.07) is 9.47. The van der Waals surface area contributed by atoms with Crippen LogP contribution in [0.25, 0.3) is 0 Å². The average molecular weight is 400 g/mol. The van der Waals surface area contributed by atoms with Crippen molar-refractivity contribution in [3.63, 3.8) is 0 Å². The summed E-state index contributed by atoms with van der Waals surface area (Å²) in [6.07, 6.45) is 3.38. The molecular weight excluding hydrogens is 380 g/mol. The molecule has 2 aliphatic heterocycles. The van der Waals surface area contributed by atoms with Gasteiger partial charge in [0.1, 0.15) is 17.5 Å². The lowest BCUT2D eigenvalue weighted by atomic mass is 9.99. The van der Waals surface area contributed by atoms with Crippen LogP contribution in [0.5, 0.6) is 0 Å². The van der Waals surface area contributed by atoms with E-state index in [2.05, 4.69) is 10.3 Å². The molecule has 2 aliphatic rings. The van der Waals surface area contributed by atoms with Crippen LogP contribution in [0.4, 0.5) is 11.5 Å². The van der Waals surface area contributed by atoms with Crippen LogP contribution < -0.4 is 15.9 Å². The molecule has 2 N–H and O–H groups in total. The monoisotopic (exact) mass is 400 g/mol. The van der Waals surface area contributed by atoms with E-state index in [0.29, 0.717) is 17.7 Å². The fourth-order valence-electron chi connectivity index (χ4n) is 3.28. The van der Waals surface area contributed by atoms with Gasteiger partial charge in [-0.15, -0.1) is 11.8 Å². The van der Waals surface area contributed by atoms with E-state index in [1.54, 1.807) is 18.5 Å². The summed E-state index contributed by atoms with van der Waals surface area (Å²) in [7, 11) is 1.89. The zero-order valence-corrected chi connectivity index (χ0v) is 16.1. The van der Waals surface area contributed by atoms with Crippen molar-refractivity contribution < 1.29 is 14.6 Å². The van der Waals surface area contributed by atoms with Gasteiger partial charge < -0.3 is 20.1 Å². The smallest absolute Gasteiger partial charge is 0.351 e. The van der Waals surface area contributed by atoms with Crippen LogP contribution in [0.2, 0.25) is 0 Å². The number of aromatic nitrogens is 2. The number of fused-ring (bicyclic) bond motifs is 1. The van der Waals surface area contributed by atoms with Gasteiger partial charge in [0.2, 0.25) is 0 Å². The van der Waals surface area contributed by atoms with Crippen LogP contribution in [-0.4, -0.2) is 45.4 Å². The number of ether oxygens (including phenoxy) is 1. The zero-order chi connectivity index (χ0) is 19.7. The molecule has 3 heterocycles. The number of rotatable bonds is 4. The van der Waals surface area contributed by atoms with Gasteiger partial charge in [-0.3, -0.25) is 9.36 Å². The van der Waals surface area contributed by atoms with E-state index in [-0.39, 0.29) is 23.8 Å². The molecule has 0 aliphatic carbocycles.